The van der Waals surface area contributed by atoms with Crippen molar-refractivity contribution in [2.45, 2.75) is 26.8 Å². The topological polar surface area (TPSA) is 54.5 Å². The van der Waals surface area contributed by atoms with Gasteiger partial charge in [-0.15, -0.1) is 0 Å². The second-order valence-corrected chi connectivity index (χ2v) is 5.09. The van der Waals surface area contributed by atoms with Crippen LogP contribution in [0.1, 0.15) is 24.6 Å². The minimum Gasteiger partial charge on any atom is -0.324 e. The molecule has 0 radical (unpaired) electrons. The lowest BCUT2D eigenvalue weighted by Gasteiger charge is -2.07. The molecular formula is C17H16N4. The van der Waals surface area contributed by atoms with Crippen molar-refractivity contribution in [1.82, 2.24) is 14.5 Å². The van der Waals surface area contributed by atoms with Gasteiger partial charge in [-0.2, -0.15) is 5.26 Å². The number of aromatic nitrogens is 3. The van der Waals surface area contributed by atoms with E-state index in [1.807, 2.05) is 43.5 Å². The molecule has 21 heavy (non-hydrogen) atoms. The molecule has 2 heterocycles. The van der Waals surface area contributed by atoms with Gasteiger partial charge in [0.05, 0.1) is 22.7 Å². The molecule has 0 unspecified atom stereocenters. The Labute approximate surface area is 123 Å². The molecule has 0 amide bonds. The summed E-state index contributed by atoms with van der Waals surface area (Å²) in [4.78, 5) is 9.07. The van der Waals surface area contributed by atoms with Crippen LogP contribution in [0.15, 0.2) is 36.5 Å². The van der Waals surface area contributed by atoms with Crippen molar-refractivity contribution in [2.24, 2.45) is 0 Å². The smallest absolute Gasteiger partial charge is 0.142 e. The highest BCUT2D eigenvalue weighted by Crippen LogP contribution is 2.25. The Kier molecular flexibility index (Phi) is 3.41. The van der Waals surface area contributed by atoms with E-state index in [1.54, 1.807) is 0 Å². The predicted molar refractivity (Wildman–Crippen MR) is 82.7 cm³/mol. The Morgan fingerprint density at radius 2 is 2.10 bits per heavy atom. The third kappa shape index (κ3) is 2.38. The van der Waals surface area contributed by atoms with Crippen LogP contribution in [0.3, 0.4) is 0 Å². The van der Waals surface area contributed by atoms with E-state index in [0.29, 0.717) is 5.56 Å². The van der Waals surface area contributed by atoms with Gasteiger partial charge < -0.3 is 4.57 Å². The van der Waals surface area contributed by atoms with Gasteiger partial charge in [-0.25, -0.2) is 4.98 Å². The Balaban J connectivity index is 2.23. The van der Waals surface area contributed by atoms with Crippen molar-refractivity contribution < 1.29 is 0 Å². The molecule has 0 N–H and O–H groups in total. The summed E-state index contributed by atoms with van der Waals surface area (Å²) in [6.45, 7) is 5.01. The lowest BCUT2D eigenvalue weighted by atomic mass is 10.2. The molecule has 0 aliphatic rings. The molecule has 0 saturated carbocycles. The number of hydrogen-bond donors (Lipinski definition) is 0. The van der Waals surface area contributed by atoms with E-state index in [2.05, 4.69) is 22.5 Å². The van der Waals surface area contributed by atoms with E-state index in [1.165, 1.54) is 0 Å². The van der Waals surface area contributed by atoms with Gasteiger partial charge in [-0.1, -0.05) is 6.92 Å². The average Bonchev–Trinajstić information content (AvgIpc) is 2.86. The van der Waals surface area contributed by atoms with Crippen LogP contribution < -0.4 is 0 Å². The van der Waals surface area contributed by atoms with Gasteiger partial charge in [0.15, 0.2) is 0 Å². The average molecular weight is 276 g/mol. The van der Waals surface area contributed by atoms with Crippen molar-refractivity contribution in [3.8, 4) is 17.5 Å². The Morgan fingerprint density at radius 1 is 1.24 bits per heavy atom. The van der Waals surface area contributed by atoms with Crippen LogP contribution in [0, 0.1) is 18.3 Å². The summed E-state index contributed by atoms with van der Waals surface area (Å²) >= 11 is 0. The van der Waals surface area contributed by atoms with Gasteiger partial charge in [0.25, 0.3) is 0 Å². The van der Waals surface area contributed by atoms with Crippen LogP contribution in [-0.4, -0.2) is 14.5 Å². The Bertz CT molecular complexity index is 822. The quantitative estimate of drug-likeness (QED) is 0.733. The SMILES string of the molecule is CCCn1c(-c2ccc(C)nc2)nc2cc(C#N)ccc21. The number of nitrogens with zero attached hydrogens (tertiary/aromatic N) is 4. The van der Waals surface area contributed by atoms with E-state index in [-0.39, 0.29) is 0 Å². The summed E-state index contributed by atoms with van der Waals surface area (Å²) < 4.78 is 2.20. The first-order valence-electron chi connectivity index (χ1n) is 7.06. The molecule has 0 bridgehead atoms. The maximum atomic E-state index is 9.03. The van der Waals surface area contributed by atoms with E-state index < -0.39 is 0 Å². The minimum atomic E-state index is 0.636. The van der Waals surface area contributed by atoms with Gasteiger partial charge in [-0.05, 0) is 43.7 Å². The largest absolute Gasteiger partial charge is 0.324 e. The summed E-state index contributed by atoms with van der Waals surface area (Å²) in [6, 6.07) is 11.9. The van der Waals surface area contributed by atoms with Crippen LogP contribution in [0.2, 0.25) is 0 Å². The third-order valence-electron chi connectivity index (χ3n) is 3.49. The van der Waals surface area contributed by atoms with Crippen LogP contribution >= 0.6 is 0 Å². The van der Waals surface area contributed by atoms with Crippen molar-refractivity contribution in [2.75, 3.05) is 0 Å². The molecule has 0 aliphatic carbocycles. The van der Waals surface area contributed by atoms with Gasteiger partial charge in [-0.3, -0.25) is 4.98 Å². The van der Waals surface area contributed by atoms with Crippen LogP contribution in [0.25, 0.3) is 22.4 Å². The number of nitriles is 1. The summed E-state index contributed by atoms with van der Waals surface area (Å²) in [6.07, 6.45) is 2.88. The van der Waals surface area contributed by atoms with Gasteiger partial charge in [0, 0.05) is 24.0 Å². The standard InChI is InChI=1S/C17H16N4/c1-3-8-21-16-7-5-13(10-18)9-15(16)20-17(21)14-6-4-12(2)19-11-14/h4-7,9,11H,3,8H2,1-2H3. The number of benzene rings is 1. The number of pyridine rings is 1. The lowest BCUT2D eigenvalue weighted by molar-refractivity contribution is 0.704. The van der Waals surface area contributed by atoms with Gasteiger partial charge in [0.2, 0.25) is 0 Å². The third-order valence-corrected chi connectivity index (χ3v) is 3.49. The first-order valence-corrected chi connectivity index (χ1v) is 7.06. The molecule has 2 aromatic heterocycles. The maximum absolute atomic E-state index is 9.03. The summed E-state index contributed by atoms with van der Waals surface area (Å²) in [5.74, 6) is 0.912. The fourth-order valence-electron chi connectivity index (χ4n) is 2.47. The highest BCUT2D eigenvalue weighted by Gasteiger charge is 2.12. The predicted octanol–water partition coefficient (Wildman–Crippen LogP) is 3.69. The molecule has 3 rings (SSSR count). The number of fused-ring (bicyclic) bond motifs is 1. The number of aryl methyl sites for hydroxylation is 2. The van der Waals surface area contributed by atoms with E-state index in [4.69, 9.17) is 10.2 Å². The minimum absolute atomic E-state index is 0.636. The molecule has 1 aromatic carbocycles. The van der Waals surface area contributed by atoms with Crippen LogP contribution in [-0.2, 0) is 6.54 Å². The summed E-state index contributed by atoms with van der Waals surface area (Å²) in [5.41, 5.74) is 4.55. The number of hydrogen-bond acceptors (Lipinski definition) is 3. The zero-order valence-corrected chi connectivity index (χ0v) is 12.2. The molecule has 3 aromatic rings. The molecule has 0 spiro atoms. The van der Waals surface area contributed by atoms with Crippen molar-refractivity contribution >= 4 is 11.0 Å². The molecule has 0 atom stereocenters. The second kappa shape index (κ2) is 5.37. The molecule has 104 valence electrons. The molecular weight excluding hydrogens is 260 g/mol. The summed E-state index contributed by atoms with van der Waals surface area (Å²) in [5, 5.41) is 9.03. The zero-order chi connectivity index (χ0) is 14.8. The van der Waals surface area contributed by atoms with Crippen LogP contribution in [0.4, 0.5) is 0 Å². The van der Waals surface area contributed by atoms with Crippen LogP contribution in [0.5, 0.6) is 0 Å². The Hall–Kier alpha value is -2.67. The monoisotopic (exact) mass is 276 g/mol. The number of imidazole rings is 1. The van der Waals surface area contributed by atoms with Crippen molar-refractivity contribution in [1.29, 1.82) is 5.26 Å². The van der Waals surface area contributed by atoms with Gasteiger partial charge >= 0.3 is 0 Å². The normalized spacial score (nSPS) is 10.7. The van der Waals surface area contributed by atoms with E-state index in [0.717, 1.165) is 41.1 Å². The first-order chi connectivity index (χ1) is 10.2. The molecule has 0 saturated heterocycles. The number of rotatable bonds is 3. The van der Waals surface area contributed by atoms with E-state index in [9.17, 15) is 0 Å². The van der Waals surface area contributed by atoms with Crippen molar-refractivity contribution in [3.05, 3.63) is 47.8 Å². The zero-order valence-electron chi connectivity index (χ0n) is 12.2. The molecule has 4 nitrogen and oxygen atoms in total. The Morgan fingerprint density at radius 3 is 2.76 bits per heavy atom. The molecule has 4 heteroatoms. The molecule has 0 aliphatic heterocycles. The highest BCUT2D eigenvalue weighted by atomic mass is 15.1. The first kappa shape index (κ1) is 13.3. The lowest BCUT2D eigenvalue weighted by Crippen LogP contribution is -2.00. The second-order valence-electron chi connectivity index (χ2n) is 5.09. The molecule has 0 fully saturated rings. The summed E-state index contributed by atoms with van der Waals surface area (Å²) in [7, 11) is 0. The van der Waals surface area contributed by atoms with Crippen molar-refractivity contribution in [3.63, 3.8) is 0 Å². The van der Waals surface area contributed by atoms with Gasteiger partial charge in [0.1, 0.15) is 5.82 Å². The highest BCUT2D eigenvalue weighted by molar-refractivity contribution is 5.81. The van der Waals surface area contributed by atoms with E-state index >= 15 is 0 Å². The maximum Gasteiger partial charge on any atom is 0.142 e. The fourth-order valence-corrected chi connectivity index (χ4v) is 2.47. The fraction of sp³-hybridized carbons (Fsp3) is 0.235.